The highest BCUT2D eigenvalue weighted by molar-refractivity contribution is 5.91. The first kappa shape index (κ1) is 29.5. The number of pyridine rings is 1. The zero-order valence-electron chi connectivity index (χ0n) is 25.2. The molecule has 3 fully saturated rings. The highest BCUT2D eigenvalue weighted by Crippen LogP contribution is 2.42. The van der Waals surface area contributed by atoms with Gasteiger partial charge in [-0.1, -0.05) is 51.2 Å². The molecule has 1 saturated heterocycles. The highest BCUT2D eigenvalue weighted by Gasteiger charge is 2.50. The summed E-state index contributed by atoms with van der Waals surface area (Å²) in [6.07, 6.45) is 8.59. The Kier molecular flexibility index (Phi) is 8.38. The van der Waals surface area contributed by atoms with Crippen molar-refractivity contribution in [3.63, 3.8) is 0 Å². The minimum Gasteiger partial charge on any atom is -0.473 e. The van der Waals surface area contributed by atoms with Gasteiger partial charge in [0.05, 0.1) is 24.7 Å². The van der Waals surface area contributed by atoms with Crippen molar-refractivity contribution in [2.45, 2.75) is 108 Å². The molecule has 2 aliphatic carbocycles. The summed E-state index contributed by atoms with van der Waals surface area (Å²) in [4.78, 5) is 59.0. The first-order valence-electron chi connectivity index (χ1n) is 15.9. The molecule has 0 radical (unpaired) electrons. The molecular formula is C33H43N3O7. The minimum atomic E-state index is -0.875. The number of ether oxygens (including phenoxy) is 3. The third kappa shape index (κ3) is 6.10. The number of fused-ring (bicyclic) bond motifs is 5. The van der Waals surface area contributed by atoms with Crippen LogP contribution in [0.3, 0.4) is 0 Å². The summed E-state index contributed by atoms with van der Waals surface area (Å²) >= 11 is 0. The Bertz CT molecular complexity index is 1430. The van der Waals surface area contributed by atoms with Gasteiger partial charge in [-0.2, -0.15) is 0 Å². The smallest absolute Gasteiger partial charge is 0.408 e. The Labute approximate surface area is 251 Å². The molecule has 1 aromatic carbocycles. The van der Waals surface area contributed by atoms with Crippen LogP contribution < -0.4 is 15.5 Å². The Balaban J connectivity index is 1.36. The predicted octanol–water partition coefficient (Wildman–Crippen LogP) is 4.62. The van der Waals surface area contributed by atoms with E-state index in [0.717, 1.165) is 64.2 Å². The number of esters is 1. The van der Waals surface area contributed by atoms with Gasteiger partial charge in [0.1, 0.15) is 24.3 Å². The van der Waals surface area contributed by atoms with Crippen molar-refractivity contribution in [2.75, 3.05) is 13.7 Å². The number of nitrogens with one attached hydrogen (secondary N) is 2. The second-order valence-electron chi connectivity index (χ2n) is 13.1. The number of methoxy groups -OCH3 is 1. The molecule has 0 spiro atoms. The van der Waals surface area contributed by atoms with Crippen LogP contribution in [0, 0.1) is 11.3 Å². The SMILES string of the molecule is COC(=O)C1CC2CN1C(=O)C(C1(C)CCCCC1)NC(=O)OC1CC1CCCCCc1c([nH]c3ccccc3c1=O)O2. The molecule has 4 aliphatic rings. The van der Waals surface area contributed by atoms with E-state index in [2.05, 4.69) is 10.3 Å². The molecule has 2 saturated carbocycles. The second-order valence-corrected chi connectivity index (χ2v) is 13.1. The van der Waals surface area contributed by atoms with Gasteiger partial charge < -0.3 is 29.4 Å². The van der Waals surface area contributed by atoms with Crippen LogP contribution in [0.2, 0.25) is 0 Å². The van der Waals surface area contributed by atoms with Crippen LogP contribution >= 0.6 is 0 Å². The first-order chi connectivity index (χ1) is 20.8. The molecule has 1 aromatic heterocycles. The van der Waals surface area contributed by atoms with Crippen molar-refractivity contribution in [1.82, 2.24) is 15.2 Å². The van der Waals surface area contributed by atoms with E-state index in [4.69, 9.17) is 14.2 Å². The van der Waals surface area contributed by atoms with Gasteiger partial charge in [0.2, 0.25) is 5.91 Å². The van der Waals surface area contributed by atoms with E-state index in [1.807, 2.05) is 31.2 Å². The van der Waals surface area contributed by atoms with E-state index >= 15 is 0 Å². The molecule has 5 atom stereocenters. The molecule has 5 unspecified atom stereocenters. The van der Waals surface area contributed by atoms with Crippen molar-refractivity contribution in [1.29, 1.82) is 0 Å². The van der Waals surface area contributed by atoms with E-state index in [9.17, 15) is 19.2 Å². The van der Waals surface area contributed by atoms with Crippen molar-refractivity contribution in [3.05, 3.63) is 40.1 Å². The van der Waals surface area contributed by atoms with E-state index in [-0.39, 0.29) is 30.4 Å². The van der Waals surface area contributed by atoms with Gasteiger partial charge in [0.15, 0.2) is 11.3 Å². The fourth-order valence-corrected chi connectivity index (χ4v) is 7.42. The number of hydrogen-bond donors (Lipinski definition) is 2. The van der Waals surface area contributed by atoms with Crippen LogP contribution in [0.25, 0.3) is 10.9 Å². The lowest BCUT2D eigenvalue weighted by molar-refractivity contribution is -0.153. The molecule has 2 aliphatic heterocycles. The standard InChI is InChI=1S/C33H43N3O7/c1-33(15-9-4-10-16-33)28-30(38)36-19-21(18-25(36)31(39)41-2)42-29-23(27(37)22-12-7-8-14-24(22)34-29)13-6-3-5-11-20-17-26(20)43-32(40)35-28/h7-8,12,14,20-21,25-26,28H,3-6,9-11,13,15-19H2,1-2H3,(H,34,37)(H,35,40). The van der Waals surface area contributed by atoms with Gasteiger partial charge in [-0.15, -0.1) is 0 Å². The number of hydrogen-bond acceptors (Lipinski definition) is 7. The van der Waals surface area contributed by atoms with Crippen molar-refractivity contribution < 1.29 is 28.6 Å². The second kappa shape index (κ2) is 12.2. The average Bonchev–Trinajstić information content (AvgIpc) is 3.59. The van der Waals surface area contributed by atoms with Crippen LogP contribution in [-0.2, 0) is 25.5 Å². The lowest BCUT2D eigenvalue weighted by Gasteiger charge is -2.41. The molecule has 10 heteroatoms. The largest absolute Gasteiger partial charge is 0.473 e. The molecular weight excluding hydrogens is 550 g/mol. The van der Waals surface area contributed by atoms with Gasteiger partial charge in [-0.05, 0) is 62.0 Å². The number of aromatic amines is 1. The van der Waals surface area contributed by atoms with Gasteiger partial charge in [0, 0.05) is 11.8 Å². The summed E-state index contributed by atoms with van der Waals surface area (Å²) in [6.45, 7) is 2.17. The molecule has 3 heterocycles. The number of aromatic nitrogens is 1. The zero-order chi connectivity index (χ0) is 30.1. The summed E-state index contributed by atoms with van der Waals surface area (Å²) in [7, 11) is 1.31. The van der Waals surface area contributed by atoms with E-state index in [1.165, 1.54) is 12.0 Å². The normalized spacial score (nSPS) is 29.6. The number of benzene rings is 1. The summed E-state index contributed by atoms with van der Waals surface area (Å²) < 4.78 is 17.4. The minimum absolute atomic E-state index is 0.0575. The van der Waals surface area contributed by atoms with Gasteiger partial charge in [-0.25, -0.2) is 9.59 Å². The Morgan fingerprint density at radius 1 is 1.00 bits per heavy atom. The third-order valence-corrected chi connectivity index (χ3v) is 10.1. The molecule has 2 N–H and O–H groups in total. The van der Waals surface area contributed by atoms with Crippen molar-refractivity contribution >= 4 is 28.9 Å². The molecule has 232 valence electrons. The van der Waals surface area contributed by atoms with Crippen molar-refractivity contribution in [3.8, 4) is 5.88 Å². The van der Waals surface area contributed by atoms with Gasteiger partial charge in [-0.3, -0.25) is 9.59 Å². The maximum atomic E-state index is 14.4. The monoisotopic (exact) mass is 593 g/mol. The van der Waals surface area contributed by atoms with Crippen LogP contribution in [0.1, 0.15) is 83.1 Å². The zero-order valence-corrected chi connectivity index (χ0v) is 25.2. The maximum absolute atomic E-state index is 14.4. The number of para-hydroxylation sites is 1. The quantitative estimate of drug-likeness (QED) is 0.487. The number of nitrogens with zero attached hydrogens (tertiary/aromatic N) is 1. The topological polar surface area (TPSA) is 127 Å². The fourth-order valence-electron chi connectivity index (χ4n) is 7.42. The first-order valence-corrected chi connectivity index (χ1v) is 15.9. The summed E-state index contributed by atoms with van der Waals surface area (Å²) in [6, 6.07) is 5.66. The summed E-state index contributed by atoms with van der Waals surface area (Å²) in [5.74, 6) is -0.153. The van der Waals surface area contributed by atoms with Crippen LogP contribution in [0.15, 0.2) is 29.1 Å². The van der Waals surface area contributed by atoms with Crippen LogP contribution in [0.4, 0.5) is 4.79 Å². The lowest BCUT2D eigenvalue weighted by atomic mass is 9.70. The van der Waals surface area contributed by atoms with Gasteiger partial charge in [0.25, 0.3) is 0 Å². The third-order valence-electron chi connectivity index (χ3n) is 10.1. The summed E-state index contributed by atoms with van der Waals surface area (Å²) in [5.41, 5.74) is 0.732. The van der Waals surface area contributed by atoms with E-state index < -0.39 is 35.7 Å². The molecule has 2 amide bonds. The Morgan fingerprint density at radius 2 is 1.77 bits per heavy atom. The number of amides is 2. The number of H-pyrrole nitrogens is 1. The molecule has 6 rings (SSSR count). The molecule has 43 heavy (non-hydrogen) atoms. The number of carbonyl (C=O) groups is 3. The Hall–Kier alpha value is -3.56. The lowest BCUT2D eigenvalue weighted by Crippen LogP contribution is -2.58. The molecule has 2 aromatic rings. The predicted molar refractivity (Wildman–Crippen MR) is 160 cm³/mol. The maximum Gasteiger partial charge on any atom is 0.408 e. The molecule has 2 bridgehead atoms. The Morgan fingerprint density at radius 3 is 2.56 bits per heavy atom. The van der Waals surface area contributed by atoms with Gasteiger partial charge >= 0.3 is 12.1 Å². The van der Waals surface area contributed by atoms with Crippen LogP contribution in [-0.4, -0.2) is 65.8 Å². The number of rotatable bonds is 2. The fraction of sp³-hybridized carbons (Fsp3) is 0.636. The van der Waals surface area contributed by atoms with E-state index in [0.29, 0.717) is 34.7 Å². The summed E-state index contributed by atoms with van der Waals surface area (Å²) in [5, 5.41) is 3.56. The molecule has 10 nitrogen and oxygen atoms in total. The highest BCUT2D eigenvalue weighted by atomic mass is 16.6. The van der Waals surface area contributed by atoms with E-state index in [1.54, 1.807) is 0 Å². The average molecular weight is 594 g/mol. The van der Waals surface area contributed by atoms with Crippen LogP contribution in [0.5, 0.6) is 5.88 Å². The number of carbonyl (C=O) groups excluding carboxylic acids is 3. The number of alkyl carbamates (subject to hydrolysis) is 1. The van der Waals surface area contributed by atoms with Crippen molar-refractivity contribution in [2.24, 2.45) is 11.3 Å².